The number of benzene rings is 5. The molecule has 9 rings (SSSR count). The Morgan fingerprint density at radius 1 is 0.766 bits per heavy atom. The molecule has 0 saturated heterocycles. The van der Waals surface area contributed by atoms with E-state index in [-0.39, 0.29) is 12.3 Å². The first kappa shape index (κ1) is 42.5. The lowest BCUT2D eigenvalue weighted by molar-refractivity contribution is -0.697. The number of alkyl halides is 3. The van der Waals surface area contributed by atoms with Crippen LogP contribution >= 0.6 is 7.82 Å². The summed E-state index contributed by atoms with van der Waals surface area (Å²) in [6.07, 6.45) is 4.41. The molecule has 0 radical (unpaired) electrons. The summed E-state index contributed by atoms with van der Waals surface area (Å²) >= 11 is 0. The van der Waals surface area contributed by atoms with Crippen molar-refractivity contribution in [3.63, 3.8) is 0 Å². The van der Waals surface area contributed by atoms with Crippen LogP contribution in [-0.2, 0) is 38.8 Å². The molecule has 0 amide bonds. The van der Waals surface area contributed by atoms with Crippen LogP contribution in [0, 0.1) is 0 Å². The summed E-state index contributed by atoms with van der Waals surface area (Å²) < 4.78 is 73.2. The van der Waals surface area contributed by atoms with Crippen molar-refractivity contribution in [1.29, 1.82) is 0 Å². The van der Waals surface area contributed by atoms with Gasteiger partial charge in [0.2, 0.25) is 5.69 Å². The molecule has 11 nitrogen and oxygen atoms in total. The molecule has 324 valence electrons. The van der Waals surface area contributed by atoms with Gasteiger partial charge >= 0.3 is 20.0 Å². The van der Waals surface area contributed by atoms with Crippen molar-refractivity contribution in [1.82, 2.24) is 0 Å². The van der Waals surface area contributed by atoms with E-state index in [1.807, 2.05) is 71.6 Å². The lowest BCUT2D eigenvalue weighted by atomic mass is 9.77. The fourth-order valence-electron chi connectivity index (χ4n) is 8.30. The van der Waals surface area contributed by atoms with Crippen LogP contribution in [0.3, 0.4) is 0 Å². The van der Waals surface area contributed by atoms with Gasteiger partial charge in [-0.25, -0.2) is 13.9 Å². The molecule has 2 aliphatic rings. The molecule has 0 fully saturated rings. The number of rotatable bonds is 13. The lowest BCUT2D eigenvalue weighted by Gasteiger charge is -2.37. The number of hydrogen-bond donors (Lipinski definition) is 3. The molecule has 0 bridgehead atoms. The van der Waals surface area contributed by atoms with Crippen molar-refractivity contribution in [2.75, 3.05) is 23.3 Å². The lowest BCUT2D eigenvalue weighted by Crippen LogP contribution is -2.35. The predicted octanol–water partition coefficient (Wildman–Crippen LogP) is 9.77. The van der Waals surface area contributed by atoms with Crippen molar-refractivity contribution in [2.24, 2.45) is 0 Å². The number of aromatic nitrogens is 2. The molecule has 15 heteroatoms. The van der Waals surface area contributed by atoms with Gasteiger partial charge in [0.15, 0.2) is 30.4 Å². The second-order valence-corrected chi connectivity index (χ2v) is 16.7. The average Bonchev–Trinajstić information content (AvgIpc) is 3.59. The third-order valence-corrected chi connectivity index (χ3v) is 11.9. The van der Waals surface area contributed by atoms with Gasteiger partial charge in [-0.1, -0.05) is 36.4 Å². The molecular formula is C49H42F3N4O7P+2. The monoisotopic (exact) mass is 886 g/mol. The van der Waals surface area contributed by atoms with Crippen LogP contribution in [0.25, 0.3) is 16.8 Å². The number of pyridine rings is 2. The average molecular weight is 887 g/mol. The summed E-state index contributed by atoms with van der Waals surface area (Å²) in [7, 11) is -4.54. The topological polar surface area (TPSA) is 125 Å². The van der Waals surface area contributed by atoms with Crippen molar-refractivity contribution >= 4 is 30.9 Å². The summed E-state index contributed by atoms with van der Waals surface area (Å²) in [5.74, 6) is 0.512. The number of anilines is 3. The van der Waals surface area contributed by atoms with Gasteiger partial charge in [0, 0.05) is 95.7 Å². The minimum atomic E-state index is -4.54. The van der Waals surface area contributed by atoms with Crippen LogP contribution in [0.2, 0.25) is 0 Å². The molecule has 64 heavy (non-hydrogen) atoms. The Labute approximate surface area is 366 Å². The standard InChI is InChI=1S/C49H40F3N4O7P/c1-2-55(24-6-23-54-25-19-34(20-26-54)35-21-27-56(28-22-35)39-14-11-33(12-15-39)32-61-64(58,59)60)40-16-17-43-46(31-40)62-45-18-13-38(53-37-8-5-7-36(29-37)49(50,51)52)30-44(45)48(43)42-10-4-3-9-41(42)47(57)63-48/h3-5,7-22,25-31,53H,2,6,23-24,32H2,1H3/p+2. The molecule has 1 spiro atoms. The van der Waals surface area contributed by atoms with Crippen LogP contribution < -0.4 is 24.1 Å². The van der Waals surface area contributed by atoms with E-state index in [0.717, 1.165) is 60.7 Å². The fourth-order valence-corrected chi connectivity index (χ4v) is 8.62. The predicted molar refractivity (Wildman–Crippen MR) is 232 cm³/mol. The SMILES string of the molecule is CCN(CCC[n+]1ccc(-c2cc[n+](-c3ccc(COP(=O)(O)O)cc3)cc2)cc1)c1ccc2c(c1)Oc1ccc(Nc3cccc(C(F)(F)F)c3)cc1C21OC(=O)c2ccccc21. The van der Waals surface area contributed by atoms with Crippen molar-refractivity contribution in [2.45, 2.75) is 38.3 Å². The number of aryl methyl sites for hydroxylation is 1. The van der Waals surface area contributed by atoms with E-state index in [2.05, 4.69) is 50.8 Å². The van der Waals surface area contributed by atoms with Crippen molar-refractivity contribution in [3.8, 4) is 28.3 Å². The van der Waals surface area contributed by atoms with E-state index in [0.29, 0.717) is 45.0 Å². The highest BCUT2D eigenvalue weighted by Gasteiger charge is 2.53. The summed E-state index contributed by atoms with van der Waals surface area (Å²) in [5.41, 5.74) is 5.49. The maximum absolute atomic E-state index is 13.5. The van der Waals surface area contributed by atoms with E-state index in [1.54, 1.807) is 48.5 Å². The molecular weight excluding hydrogens is 845 g/mol. The van der Waals surface area contributed by atoms with Gasteiger partial charge in [-0.3, -0.25) is 4.52 Å². The zero-order chi connectivity index (χ0) is 44.6. The van der Waals surface area contributed by atoms with Gasteiger partial charge < -0.3 is 29.5 Å². The van der Waals surface area contributed by atoms with Crippen LogP contribution in [0.1, 0.15) is 51.5 Å². The number of ether oxygens (including phenoxy) is 2. The molecule has 4 heterocycles. The highest BCUT2D eigenvalue weighted by molar-refractivity contribution is 7.46. The quantitative estimate of drug-likeness (QED) is 0.0590. The Hall–Kier alpha value is -6.83. The number of carbonyl (C=O) groups excluding carboxylic acids is 1. The van der Waals surface area contributed by atoms with E-state index >= 15 is 0 Å². The first-order chi connectivity index (χ1) is 30.8. The van der Waals surface area contributed by atoms with Gasteiger partial charge in [-0.2, -0.15) is 17.7 Å². The molecule has 2 aliphatic heterocycles. The number of fused-ring (bicyclic) bond motifs is 6. The zero-order valence-electron chi connectivity index (χ0n) is 34.4. The summed E-state index contributed by atoms with van der Waals surface area (Å²) in [6, 6.07) is 38.8. The minimum absolute atomic E-state index is 0.180. The smallest absolute Gasteiger partial charge is 0.456 e. The summed E-state index contributed by atoms with van der Waals surface area (Å²) in [4.78, 5) is 33.7. The van der Waals surface area contributed by atoms with Crippen LogP contribution in [0.4, 0.5) is 30.2 Å². The number of hydrogen-bond acceptors (Lipinski definition) is 7. The van der Waals surface area contributed by atoms with Crippen LogP contribution in [0.5, 0.6) is 11.5 Å². The molecule has 7 aromatic rings. The molecule has 1 atom stereocenters. The minimum Gasteiger partial charge on any atom is -0.456 e. The molecule has 2 aromatic heterocycles. The van der Waals surface area contributed by atoms with Crippen LogP contribution in [-0.4, -0.2) is 28.8 Å². The summed E-state index contributed by atoms with van der Waals surface area (Å²) in [5, 5.41) is 3.10. The van der Waals surface area contributed by atoms with E-state index in [9.17, 15) is 22.5 Å². The molecule has 5 aromatic carbocycles. The van der Waals surface area contributed by atoms with Gasteiger partial charge in [-0.15, -0.1) is 0 Å². The first-order valence-electron chi connectivity index (χ1n) is 20.6. The third-order valence-electron chi connectivity index (χ3n) is 11.5. The Morgan fingerprint density at radius 3 is 2.20 bits per heavy atom. The highest BCUT2D eigenvalue weighted by Crippen LogP contribution is 2.57. The maximum atomic E-state index is 13.5. The van der Waals surface area contributed by atoms with Gasteiger partial charge in [0.25, 0.3) is 0 Å². The van der Waals surface area contributed by atoms with Gasteiger partial charge in [0.05, 0.1) is 17.7 Å². The van der Waals surface area contributed by atoms with Crippen LogP contribution in [0.15, 0.2) is 158 Å². The first-order valence-corrected chi connectivity index (χ1v) is 22.1. The number of phosphoric acid groups is 1. The number of nitrogens with zero attached hydrogens (tertiary/aromatic N) is 3. The van der Waals surface area contributed by atoms with E-state index in [4.69, 9.17) is 19.3 Å². The van der Waals surface area contributed by atoms with Gasteiger partial charge in [-0.05, 0) is 78.2 Å². The highest BCUT2D eigenvalue weighted by atomic mass is 31.2. The number of esters is 1. The Morgan fingerprint density at radius 2 is 1.48 bits per heavy atom. The Kier molecular flexibility index (Phi) is 11.3. The second-order valence-electron chi connectivity index (χ2n) is 15.5. The van der Waals surface area contributed by atoms with E-state index in [1.165, 1.54) is 6.07 Å². The molecule has 1 unspecified atom stereocenters. The van der Waals surface area contributed by atoms with E-state index < -0.39 is 31.1 Å². The largest absolute Gasteiger partial charge is 0.469 e. The summed E-state index contributed by atoms with van der Waals surface area (Å²) in [6.45, 7) is 4.18. The number of nitrogens with one attached hydrogen (secondary N) is 1. The zero-order valence-corrected chi connectivity index (χ0v) is 35.3. The Bertz CT molecular complexity index is 2910. The number of carbonyl (C=O) groups is 1. The van der Waals surface area contributed by atoms with Crippen molar-refractivity contribution < 1.29 is 55.4 Å². The van der Waals surface area contributed by atoms with Gasteiger partial charge in [0.1, 0.15) is 18.0 Å². The van der Waals surface area contributed by atoms with Crippen molar-refractivity contribution in [3.05, 3.63) is 192 Å². The molecule has 0 saturated carbocycles. The Balaban J connectivity index is 0.891. The second kappa shape index (κ2) is 17.0. The molecule has 3 N–H and O–H groups in total. The third kappa shape index (κ3) is 8.60. The molecule has 0 aliphatic carbocycles. The number of phosphoric ester groups is 1. The number of halogens is 3. The normalized spacial score (nSPS) is 15.2. The maximum Gasteiger partial charge on any atom is 0.469 e. The fraction of sp³-hybridized carbons (Fsp3) is 0.163.